The number of hydrogen-bond acceptors (Lipinski definition) is 4. The van der Waals surface area contributed by atoms with E-state index in [0.29, 0.717) is 0 Å². The predicted octanol–water partition coefficient (Wildman–Crippen LogP) is 8.31. The molecule has 0 saturated carbocycles. The van der Waals surface area contributed by atoms with Crippen molar-refractivity contribution in [1.82, 2.24) is 15.0 Å². The standard InChI is InChI=1S/C33H25N3O3/c1-37-24-9-3-20(4-10-24)32-28-14-8-23(35-28)19-22-7-13-26(34-22)27-15-16-29(36-27)33(31-18-17-30(32)39-31)21-5-11-25(38-2)12-6-21/h3-19,35-36H,1-2H3. The molecular formula is C33H25N3O3. The van der Waals surface area contributed by atoms with Gasteiger partial charge in [-0.15, -0.1) is 0 Å². The van der Waals surface area contributed by atoms with Crippen molar-refractivity contribution in [3.05, 3.63) is 102 Å². The van der Waals surface area contributed by atoms with Crippen LogP contribution in [0.2, 0.25) is 0 Å². The van der Waals surface area contributed by atoms with Crippen molar-refractivity contribution >= 4 is 45.4 Å². The van der Waals surface area contributed by atoms with Crippen LogP contribution in [0.3, 0.4) is 0 Å². The summed E-state index contributed by atoms with van der Waals surface area (Å²) in [6, 6.07) is 30.4. The van der Waals surface area contributed by atoms with Crippen LogP contribution in [0, 0.1) is 0 Å². The minimum atomic E-state index is 0.749. The summed E-state index contributed by atoms with van der Waals surface area (Å²) >= 11 is 0. The molecule has 4 aromatic heterocycles. The second-order valence-electron chi connectivity index (χ2n) is 9.38. The summed E-state index contributed by atoms with van der Waals surface area (Å²) in [6.07, 6.45) is 4.06. The number of aromatic amines is 2. The SMILES string of the molecule is COc1ccc(-c2c3ccc(cc4nc(c5ccc([nH]5)c(-c5ccc(OC)cc5)c5ccc2o5)C=C4)[nH]3)cc1. The highest BCUT2D eigenvalue weighted by molar-refractivity contribution is 5.97. The second kappa shape index (κ2) is 9.26. The van der Waals surface area contributed by atoms with Crippen molar-refractivity contribution in [2.45, 2.75) is 0 Å². The van der Waals surface area contributed by atoms with E-state index < -0.39 is 0 Å². The number of nitrogens with zero attached hydrogens (tertiary/aromatic N) is 1. The number of H-pyrrole nitrogens is 2. The van der Waals surface area contributed by atoms with Crippen LogP contribution in [0.4, 0.5) is 0 Å². The normalized spacial score (nSPS) is 11.7. The summed E-state index contributed by atoms with van der Waals surface area (Å²) in [5.41, 5.74) is 11.0. The molecule has 0 aliphatic carbocycles. The zero-order valence-electron chi connectivity index (χ0n) is 21.5. The van der Waals surface area contributed by atoms with Gasteiger partial charge in [-0.25, -0.2) is 4.98 Å². The first kappa shape index (κ1) is 22.9. The van der Waals surface area contributed by atoms with Crippen molar-refractivity contribution in [2.75, 3.05) is 14.2 Å². The summed E-state index contributed by atoms with van der Waals surface area (Å²) in [5, 5.41) is 0. The third-order valence-corrected chi connectivity index (χ3v) is 7.03. The first-order valence-electron chi connectivity index (χ1n) is 12.7. The van der Waals surface area contributed by atoms with E-state index >= 15 is 0 Å². The zero-order chi connectivity index (χ0) is 26.3. The van der Waals surface area contributed by atoms with Crippen LogP contribution in [0.1, 0.15) is 11.4 Å². The molecule has 6 nitrogen and oxygen atoms in total. The summed E-state index contributed by atoms with van der Waals surface area (Å²) < 4.78 is 17.5. The third kappa shape index (κ3) is 4.12. The molecule has 6 heteroatoms. The van der Waals surface area contributed by atoms with Crippen molar-refractivity contribution < 1.29 is 13.9 Å². The lowest BCUT2D eigenvalue weighted by atomic mass is 10.1. The van der Waals surface area contributed by atoms with E-state index in [4.69, 9.17) is 18.9 Å². The van der Waals surface area contributed by atoms with Crippen LogP contribution in [0.25, 0.3) is 67.6 Å². The molecule has 39 heavy (non-hydrogen) atoms. The molecule has 7 rings (SSSR count). The van der Waals surface area contributed by atoms with Crippen molar-refractivity contribution in [3.8, 4) is 33.8 Å². The molecule has 0 unspecified atom stereocenters. The minimum absolute atomic E-state index is 0.749. The Balaban J connectivity index is 1.61. The Morgan fingerprint density at radius 3 is 1.77 bits per heavy atom. The molecule has 0 atom stereocenters. The number of rotatable bonds is 4. The number of methoxy groups -OCH3 is 2. The number of fused-ring (bicyclic) bond motifs is 9. The molecule has 1 aliphatic heterocycles. The van der Waals surface area contributed by atoms with Gasteiger partial charge in [-0.3, -0.25) is 0 Å². The Bertz CT molecular complexity index is 1970. The first-order valence-corrected chi connectivity index (χ1v) is 12.7. The number of aromatic nitrogens is 3. The number of furan rings is 1. The van der Waals surface area contributed by atoms with Crippen LogP contribution in [0.15, 0.2) is 95.4 Å². The molecule has 2 N–H and O–H groups in total. The van der Waals surface area contributed by atoms with Gasteiger partial charge in [0, 0.05) is 16.6 Å². The molecule has 190 valence electrons. The summed E-state index contributed by atoms with van der Waals surface area (Å²) in [6.45, 7) is 0. The Labute approximate surface area is 224 Å². The fraction of sp³-hybridized carbons (Fsp3) is 0.0606. The van der Waals surface area contributed by atoms with Gasteiger partial charge in [0.15, 0.2) is 0 Å². The summed E-state index contributed by atoms with van der Waals surface area (Å²) in [5.74, 6) is 1.60. The molecule has 0 spiro atoms. The van der Waals surface area contributed by atoms with Crippen LogP contribution < -0.4 is 9.47 Å². The van der Waals surface area contributed by atoms with Crippen molar-refractivity contribution in [3.63, 3.8) is 0 Å². The van der Waals surface area contributed by atoms with Gasteiger partial charge in [-0.05, 0) is 90.0 Å². The van der Waals surface area contributed by atoms with Crippen LogP contribution >= 0.6 is 0 Å². The minimum Gasteiger partial charge on any atom is -0.497 e. The molecule has 0 saturated heterocycles. The van der Waals surface area contributed by atoms with E-state index in [-0.39, 0.29) is 0 Å². The quantitative estimate of drug-likeness (QED) is 0.249. The largest absolute Gasteiger partial charge is 0.497 e. The molecule has 5 heterocycles. The maximum atomic E-state index is 6.67. The highest BCUT2D eigenvalue weighted by atomic mass is 16.5. The maximum Gasteiger partial charge on any atom is 0.137 e. The molecule has 2 aromatic carbocycles. The van der Waals surface area contributed by atoms with E-state index in [2.05, 4.69) is 34.2 Å². The lowest BCUT2D eigenvalue weighted by molar-refractivity contribution is 0.415. The number of hydrogen-bond donors (Lipinski definition) is 2. The number of benzene rings is 2. The smallest absolute Gasteiger partial charge is 0.137 e. The van der Waals surface area contributed by atoms with Gasteiger partial charge < -0.3 is 23.9 Å². The lowest BCUT2D eigenvalue weighted by Gasteiger charge is -2.05. The highest BCUT2D eigenvalue weighted by Crippen LogP contribution is 2.36. The lowest BCUT2D eigenvalue weighted by Crippen LogP contribution is -1.84. The van der Waals surface area contributed by atoms with Crippen LogP contribution in [0.5, 0.6) is 11.5 Å². The topological polar surface area (TPSA) is 76.1 Å². The zero-order valence-corrected chi connectivity index (χ0v) is 21.5. The van der Waals surface area contributed by atoms with Gasteiger partial charge in [0.05, 0.1) is 42.2 Å². The summed E-state index contributed by atoms with van der Waals surface area (Å²) in [7, 11) is 3.34. The number of nitrogens with one attached hydrogen (secondary N) is 2. The average molecular weight is 512 g/mol. The van der Waals surface area contributed by atoms with Gasteiger partial charge in [-0.1, -0.05) is 24.3 Å². The molecule has 0 radical (unpaired) electrons. The highest BCUT2D eigenvalue weighted by Gasteiger charge is 2.13. The predicted molar refractivity (Wildman–Crippen MR) is 157 cm³/mol. The molecule has 1 aliphatic rings. The molecule has 6 aromatic rings. The van der Waals surface area contributed by atoms with E-state index in [1.54, 1.807) is 14.2 Å². The average Bonchev–Trinajstić information content (AvgIpc) is 3.79. The van der Waals surface area contributed by atoms with Gasteiger partial charge in [0.25, 0.3) is 0 Å². The Morgan fingerprint density at radius 2 is 1.15 bits per heavy atom. The molecule has 0 amide bonds. The fourth-order valence-electron chi connectivity index (χ4n) is 5.08. The molecular weight excluding hydrogens is 486 g/mol. The molecule has 0 fully saturated rings. The van der Waals surface area contributed by atoms with E-state index in [1.807, 2.05) is 78.9 Å². The molecule has 8 bridgehead atoms. The van der Waals surface area contributed by atoms with Crippen LogP contribution in [-0.2, 0) is 0 Å². The van der Waals surface area contributed by atoms with E-state index in [0.717, 1.165) is 78.4 Å². The first-order chi connectivity index (χ1) is 19.2. The van der Waals surface area contributed by atoms with Crippen LogP contribution in [-0.4, -0.2) is 29.2 Å². The Morgan fingerprint density at radius 1 is 0.590 bits per heavy atom. The Kier molecular flexibility index (Phi) is 5.44. The van der Waals surface area contributed by atoms with E-state index in [1.165, 1.54) is 0 Å². The third-order valence-electron chi connectivity index (χ3n) is 7.03. The van der Waals surface area contributed by atoms with Gasteiger partial charge in [0.1, 0.15) is 22.7 Å². The maximum absolute atomic E-state index is 6.67. The van der Waals surface area contributed by atoms with Gasteiger partial charge in [-0.2, -0.15) is 0 Å². The van der Waals surface area contributed by atoms with Crippen molar-refractivity contribution in [2.24, 2.45) is 0 Å². The fourth-order valence-corrected chi connectivity index (χ4v) is 5.08. The van der Waals surface area contributed by atoms with Crippen molar-refractivity contribution in [1.29, 1.82) is 0 Å². The van der Waals surface area contributed by atoms with Gasteiger partial charge in [0.2, 0.25) is 0 Å². The van der Waals surface area contributed by atoms with E-state index in [9.17, 15) is 0 Å². The Hall–Kier alpha value is -5.23. The summed E-state index contributed by atoms with van der Waals surface area (Å²) in [4.78, 5) is 12.0. The monoisotopic (exact) mass is 511 g/mol. The second-order valence-corrected chi connectivity index (χ2v) is 9.38. The number of ether oxygens (including phenoxy) is 2. The van der Waals surface area contributed by atoms with Gasteiger partial charge >= 0.3 is 0 Å².